The van der Waals surface area contributed by atoms with Gasteiger partial charge < -0.3 is 10.6 Å². The fourth-order valence-electron chi connectivity index (χ4n) is 0.719. The molecule has 1 rings (SSSR count). The van der Waals surface area contributed by atoms with Crippen molar-refractivity contribution in [3.05, 3.63) is 35.9 Å². The van der Waals surface area contributed by atoms with E-state index in [9.17, 15) is 4.79 Å². The second-order valence-electron chi connectivity index (χ2n) is 2.35. The summed E-state index contributed by atoms with van der Waals surface area (Å²) in [5.41, 5.74) is 6.17. The summed E-state index contributed by atoms with van der Waals surface area (Å²) < 4.78 is 0. The second-order valence-corrected chi connectivity index (χ2v) is 2.35. The minimum Gasteiger partial charge on any atom is -0.380 e. The van der Waals surface area contributed by atoms with Crippen molar-refractivity contribution in [2.45, 2.75) is 6.92 Å². The summed E-state index contributed by atoms with van der Waals surface area (Å²) >= 11 is 0. The van der Waals surface area contributed by atoms with Crippen LogP contribution in [0.2, 0.25) is 0 Å². The molecule has 4 nitrogen and oxygen atoms in total. The molecule has 0 spiro atoms. The summed E-state index contributed by atoms with van der Waals surface area (Å²) in [5.74, 6) is -0.338. The molecule has 4 heteroatoms. The first-order valence-electron chi connectivity index (χ1n) is 3.67. The molecule has 0 unspecified atom stereocenters. The Morgan fingerprint density at radius 3 is 3.00 bits per heavy atom. The van der Waals surface area contributed by atoms with Crippen LogP contribution in [-0.2, 0) is 9.63 Å². The Kier molecular flexibility index (Phi) is 3.03. The molecule has 0 aliphatic carbocycles. The molecule has 1 radical (unpaired) electrons. The predicted octanol–water partition coefficient (Wildman–Crippen LogP) is 0.670. The van der Waals surface area contributed by atoms with Crippen molar-refractivity contribution in [3.63, 3.8) is 0 Å². The highest BCUT2D eigenvalue weighted by atomic mass is 16.7. The molecular weight excluding hydrogens is 168 g/mol. The molecule has 0 heterocycles. The van der Waals surface area contributed by atoms with Crippen LogP contribution in [0.15, 0.2) is 29.4 Å². The van der Waals surface area contributed by atoms with E-state index in [4.69, 9.17) is 5.73 Å². The van der Waals surface area contributed by atoms with E-state index in [0.29, 0.717) is 5.56 Å². The largest absolute Gasteiger partial charge is 0.380 e. The highest BCUT2D eigenvalue weighted by molar-refractivity contribution is 5.97. The normalized spacial score (nSPS) is 11.0. The zero-order valence-corrected chi connectivity index (χ0v) is 7.15. The van der Waals surface area contributed by atoms with Gasteiger partial charge in [0, 0.05) is 12.5 Å². The van der Waals surface area contributed by atoms with Gasteiger partial charge in [-0.15, -0.1) is 0 Å². The summed E-state index contributed by atoms with van der Waals surface area (Å²) in [6.07, 6.45) is 0. The maximum Gasteiger partial charge on any atom is 0.332 e. The van der Waals surface area contributed by atoms with E-state index in [0.717, 1.165) is 0 Å². The molecule has 0 amide bonds. The van der Waals surface area contributed by atoms with Gasteiger partial charge >= 0.3 is 5.97 Å². The Morgan fingerprint density at radius 1 is 1.69 bits per heavy atom. The lowest BCUT2D eigenvalue weighted by atomic mass is 10.2. The van der Waals surface area contributed by atoms with Crippen molar-refractivity contribution < 1.29 is 9.63 Å². The Hall–Kier alpha value is -1.84. The number of benzene rings is 1. The summed E-state index contributed by atoms with van der Waals surface area (Å²) in [6.45, 7) is 1.26. The Labute approximate surface area is 76.0 Å². The fraction of sp³-hybridized carbons (Fsp3) is 0.111. The van der Waals surface area contributed by atoms with Crippen molar-refractivity contribution in [3.8, 4) is 0 Å². The average molecular weight is 177 g/mol. The van der Waals surface area contributed by atoms with E-state index in [2.05, 4.69) is 16.1 Å². The van der Waals surface area contributed by atoms with Crippen LogP contribution in [0, 0.1) is 6.07 Å². The van der Waals surface area contributed by atoms with Crippen LogP contribution in [0.4, 0.5) is 0 Å². The van der Waals surface area contributed by atoms with E-state index in [1.54, 1.807) is 24.3 Å². The minimum absolute atomic E-state index is 0.159. The number of hydrogen-bond donors (Lipinski definition) is 1. The topological polar surface area (TPSA) is 64.7 Å². The molecule has 1 aromatic carbocycles. The number of nitrogens with two attached hydrogens (primary N) is 1. The molecule has 0 aliphatic heterocycles. The maximum atomic E-state index is 10.4. The van der Waals surface area contributed by atoms with Crippen LogP contribution < -0.4 is 5.73 Å². The lowest BCUT2D eigenvalue weighted by Gasteiger charge is -1.97. The molecule has 0 atom stereocenters. The standard InChI is InChI=1S/C9H9N2O2/c1-7(12)13-11-9(10)8-5-3-2-4-6-8/h2-3,5-6H,1H3,(H2,10,11). The van der Waals surface area contributed by atoms with E-state index >= 15 is 0 Å². The summed E-state index contributed by atoms with van der Waals surface area (Å²) in [4.78, 5) is 14.8. The van der Waals surface area contributed by atoms with E-state index in [1.165, 1.54) is 6.92 Å². The van der Waals surface area contributed by atoms with Gasteiger partial charge in [-0.25, -0.2) is 4.79 Å². The number of nitrogens with zero attached hydrogens (tertiary/aromatic N) is 1. The van der Waals surface area contributed by atoms with Gasteiger partial charge in [-0.05, 0) is 12.1 Å². The first kappa shape index (κ1) is 9.25. The third-order valence-electron chi connectivity index (χ3n) is 1.28. The van der Waals surface area contributed by atoms with Gasteiger partial charge in [-0.2, -0.15) is 0 Å². The van der Waals surface area contributed by atoms with Gasteiger partial charge in [-0.3, -0.25) is 0 Å². The number of carbonyl (C=O) groups excluding carboxylic acids is 1. The molecule has 67 valence electrons. The molecule has 0 saturated carbocycles. The third-order valence-corrected chi connectivity index (χ3v) is 1.28. The molecule has 1 aromatic rings. The molecule has 0 aliphatic rings. The first-order valence-corrected chi connectivity index (χ1v) is 3.67. The van der Waals surface area contributed by atoms with Gasteiger partial charge in [0.25, 0.3) is 0 Å². The summed E-state index contributed by atoms with van der Waals surface area (Å²) in [7, 11) is 0. The summed E-state index contributed by atoms with van der Waals surface area (Å²) in [5, 5.41) is 3.42. The van der Waals surface area contributed by atoms with Gasteiger partial charge in [0.1, 0.15) is 0 Å². The van der Waals surface area contributed by atoms with Crippen LogP contribution in [0.3, 0.4) is 0 Å². The van der Waals surface area contributed by atoms with Gasteiger partial charge in [0.05, 0.1) is 0 Å². The monoisotopic (exact) mass is 177 g/mol. The smallest absolute Gasteiger partial charge is 0.332 e. The summed E-state index contributed by atoms with van der Waals surface area (Å²) in [6, 6.07) is 9.74. The number of amidine groups is 1. The molecule has 0 bridgehead atoms. The predicted molar refractivity (Wildman–Crippen MR) is 47.8 cm³/mol. The van der Waals surface area contributed by atoms with Crippen molar-refractivity contribution in [2.75, 3.05) is 0 Å². The van der Waals surface area contributed by atoms with E-state index < -0.39 is 5.97 Å². The Bertz CT molecular complexity index is 320. The molecule has 13 heavy (non-hydrogen) atoms. The molecule has 2 N–H and O–H groups in total. The quantitative estimate of drug-likeness (QED) is 0.312. The number of rotatable bonds is 2. The zero-order chi connectivity index (χ0) is 9.68. The van der Waals surface area contributed by atoms with Crippen LogP contribution in [-0.4, -0.2) is 11.8 Å². The fourth-order valence-corrected chi connectivity index (χ4v) is 0.719. The zero-order valence-electron chi connectivity index (χ0n) is 7.15. The second kappa shape index (κ2) is 4.25. The highest BCUT2D eigenvalue weighted by Gasteiger charge is 1.97. The molecular formula is C9H9N2O2. The number of oxime groups is 1. The maximum absolute atomic E-state index is 10.4. The Morgan fingerprint density at radius 2 is 2.46 bits per heavy atom. The number of hydrogen-bond acceptors (Lipinski definition) is 3. The first-order chi connectivity index (χ1) is 6.20. The van der Waals surface area contributed by atoms with Crippen LogP contribution in [0.5, 0.6) is 0 Å². The van der Waals surface area contributed by atoms with Gasteiger partial charge in [-0.1, -0.05) is 23.4 Å². The van der Waals surface area contributed by atoms with E-state index in [-0.39, 0.29) is 5.84 Å². The van der Waals surface area contributed by atoms with Crippen molar-refractivity contribution in [1.82, 2.24) is 0 Å². The van der Waals surface area contributed by atoms with Crippen molar-refractivity contribution in [1.29, 1.82) is 0 Å². The van der Waals surface area contributed by atoms with Crippen molar-refractivity contribution >= 4 is 11.8 Å². The highest BCUT2D eigenvalue weighted by Crippen LogP contribution is 1.97. The van der Waals surface area contributed by atoms with Gasteiger partial charge in [0.2, 0.25) is 0 Å². The lowest BCUT2D eigenvalue weighted by Crippen LogP contribution is -2.14. The minimum atomic E-state index is -0.497. The average Bonchev–Trinajstić information content (AvgIpc) is 2.15. The van der Waals surface area contributed by atoms with Crippen LogP contribution in [0.1, 0.15) is 12.5 Å². The van der Waals surface area contributed by atoms with Gasteiger partial charge in [0.15, 0.2) is 5.84 Å². The third kappa shape index (κ3) is 2.94. The SMILES string of the molecule is CC(=O)O/N=C(/N)c1c[c]ccc1. The molecule has 0 aromatic heterocycles. The molecule has 0 saturated heterocycles. The van der Waals surface area contributed by atoms with Crippen LogP contribution >= 0.6 is 0 Å². The van der Waals surface area contributed by atoms with E-state index in [1.807, 2.05) is 0 Å². The van der Waals surface area contributed by atoms with Crippen molar-refractivity contribution in [2.24, 2.45) is 10.9 Å². The number of carbonyl (C=O) groups is 1. The Balaban J connectivity index is 2.73. The lowest BCUT2D eigenvalue weighted by molar-refractivity contribution is -0.140. The molecule has 0 fully saturated rings. The van der Waals surface area contributed by atoms with Crippen LogP contribution in [0.25, 0.3) is 0 Å².